The molecule has 0 aliphatic rings. The number of nitrogens with zero attached hydrogens (tertiary/aromatic N) is 1. The normalized spacial score (nSPS) is 13.2. The Morgan fingerprint density at radius 3 is 2.29 bits per heavy atom. The summed E-state index contributed by atoms with van der Waals surface area (Å²) in [5.74, 6) is -0.739. The van der Waals surface area contributed by atoms with Crippen molar-refractivity contribution >= 4 is 21.8 Å². The van der Waals surface area contributed by atoms with Crippen LogP contribution in [0.3, 0.4) is 0 Å². The maximum Gasteiger partial charge on any atom is 0.416 e. The second kappa shape index (κ2) is 7.01. The largest absolute Gasteiger partial charge is 0.416 e. The molecule has 0 aliphatic carbocycles. The molecular weight excluding hydrogens is 404 g/mol. The SMILES string of the molecule is Cn1cc(C(c2ccc(C(F)(F)F)cc2)c2c[nH]c3c(F)cccc23)c2ccccc21. The summed E-state index contributed by atoms with van der Waals surface area (Å²) >= 11 is 0. The number of benzene rings is 3. The first-order valence-corrected chi connectivity index (χ1v) is 9.81. The summed E-state index contributed by atoms with van der Waals surface area (Å²) in [6, 6.07) is 17.9. The van der Waals surface area contributed by atoms with Crippen LogP contribution in [0.4, 0.5) is 17.6 Å². The van der Waals surface area contributed by atoms with Crippen LogP contribution >= 0.6 is 0 Å². The molecule has 5 rings (SSSR count). The smallest absolute Gasteiger partial charge is 0.358 e. The fourth-order valence-corrected chi connectivity index (χ4v) is 4.37. The molecule has 1 N–H and O–H groups in total. The highest BCUT2D eigenvalue weighted by atomic mass is 19.4. The van der Waals surface area contributed by atoms with Gasteiger partial charge in [0.1, 0.15) is 5.82 Å². The number of fused-ring (bicyclic) bond motifs is 2. The van der Waals surface area contributed by atoms with Crippen LogP contribution in [0.15, 0.2) is 79.1 Å². The summed E-state index contributed by atoms with van der Waals surface area (Å²) < 4.78 is 55.7. The Balaban J connectivity index is 1.77. The molecule has 1 unspecified atom stereocenters. The van der Waals surface area contributed by atoms with Crippen molar-refractivity contribution in [3.05, 3.63) is 107 Å². The quantitative estimate of drug-likeness (QED) is 0.302. The first-order valence-electron chi connectivity index (χ1n) is 9.81. The first kappa shape index (κ1) is 19.4. The third-order valence-electron chi connectivity index (χ3n) is 5.82. The number of alkyl halides is 3. The highest BCUT2D eigenvalue weighted by Gasteiger charge is 2.31. The van der Waals surface area contributed by atoms with Gasteiger partial charge in [0.05, 0.1) is 11.1 Å². The molecule has 1 atom stereocenters. The minimum absolute atomic E-state index is 0.368. The zero-order valence-corrected chi connectivity index (χ0v) is 16.5. The van der Waals surface area contributed by atoms with Crippen LogP contribution in [0, 0.1) is 5.82 Å². The third-order valence-corrected chi connectivity index (χ3v) is 5.82. The van der Waals surface area contributed by atoms with Crippen molar-refractivity contribution in [3.8, 4) is 0 Å². The summed E-state index contributed by atoms with van der Waals surface area (Å²) in [6.07, 6.45) is -0.666. The van der Waals surface area contributed by atoms with Gasteiger partial charge in [0.25, 0.3) is 0 Å². The molecule has 0 amide bonds. The van der Waals surface area contributed by atoms with Gasteiger partial charge in [-0.05, 0) is 41.0 Å². The molecule has 156 valence electrons. The summed E-state index contributed by atoms with van der Waals surface area (Å²) in [5.41, 5.74) is 3.16. The van der Waals surface area contributed by atoms with Crippen LogP contribution < -0.4 is 0 Å². The average Bonchev–Trinajstić information content (AvgIpc) is 3.32. The highest BCUT2D eigenvalue weighted by Crippen LogP contribution is 2.41. The molecule has 0 bridgehead atoms. The van der Waals surface area contributed by atoms with Crippen molar-refractivity contribution in [1.29, 1.82) is 0 Å². The number of nitrogens with one attached hydrogen (secondary N) is 1. The second-order valence-electron chi connectivity index (χ2n) is 7.67. The van der Waals surface area contributed by atoms with Crippen LogP contribution in [-0.4, -0.2) is 9.55 Å². The molecular formula is C25H18F4N2. The zero-order valence-electron chi connectivity index (χ0n) is 16.5. The maximum absolute atomic E-state index is 14.3. The Bertz CT molecular complexity index is 1390. The summed E-state index contributed by atoms with van der Waals surface area (Å²) in [4.78, 5) is 3.01. The standard InChI is InChI=1S/C25H18F4N2/c1-31-14-20(17-5-2-3-8-22(17)31)23(15-9-11-16(12-10-15)25(27,28)29)19-13-30-24-18(19)6-4-7-21(24)26/h2-14,23,30H,1H3. The van der Waals surface area contributed by atoms with Crippen molar-refractivity contribution in [2.75, 3.05) is 0 Å². The lowest BCUT2D eigenvalue weighted by Crippen LogP contribution is -2.07. The van der Waals surface area contributed by atoms with Gasteiger partial charge < -0.3 is 9.55 Å². The number of aromatic amines is 1. The number of aromatic nitrogens is 2. The summed E-state index contributed by atoms with van der Waals surface area (Å²) in [5, 5.41) is 1.71. The second-order valence-corrected chi connectivity index (χ2v) is 7.67. The van der Waals surface area contributed by atoms with E-state index in [1.807, 2.05) is 48.1 Å². The summed E-state index contributed by atoms with van der Waals surface area (Å²) in [6.45, 7) is 0. The third kappa shape index (κ3) is 3.19. The Kier molecular flexibility index (Phi) is 4.39. The van der Waals surface area contributed by atoms with Crippen molar-refractivity contribution in [2.24, 2.45) is 7.05 Å². The van der Waals surface area contributed by atoms with Gasteiger partial charge >= 0.3 is 6.18 Å². The number of rotatable bonds is 3. The average molecular weight is 422 g/mol. The lowest BCUT2D eigenvalue weighted by molar-refractivity contribution is -0.137. The number of hydrogen-bond acceptors (Lipinski definition) is 0. The minimum atomic E-state index is -4.41. The lowest BCUT2D eigenvalue weighted by Gasteiger charge is -2.18. The molecule has 3 aromatic carbocycles. The molecule has 0 fully saturated rings. The predicted molar refractivity (Wildman–Crippen MR) is 114 cm³/mol. The number of halogens is 4. The Morgan fingerprint density at radius 2 is 1.55 bits per heavy atom. The molecule has 0 saturated carbocycles. The van der Waals surface area contributed by atoms with E-state index in [-0.39, 0.29) is 11.7 Å². The molecule has 0 saturated heterocycles. The van der Waals surface area contributed by atoms with Crippen LogP contribution in [0.1, 0.15) is 28.2 Å². The van der Waals surface area contributed by atoms with Gasteiger partial charge in [-0.2, -0.15) is 13.2 Å². The Morgan fingerprint density at radius 1 is 0.839 bits per heavy atom. The van der Waals surface area contributed by atoms with Gasteiger partial charge in [0, 0.05) is 41.6 Å². The molecule has 5 aromatic rings. The topological polar surface area (TPSA) is 20.7 Å². The molecule has 0 spiro atoms. The Labute approximate surface area is 175 Å². The number of hydrogen-bond donors (Lipinski definition) is 1. The van der Waals surface area contributed by atoms with Gasteiger partial charge in [-0.25, -0.2) is 4.39 Å². The van der Waals surface area contributed by atoms with Crippen molar-refractivity contribution in [3.63, 3.8) is 0 Å². The van der Waals surface area contributed by atoms with Gasteiger partial charge in [0.15, 0.2) is 0 Å². The van der Waals surface area contributed by atoms with Crippen molar-refractivity contribution in [1.82, 2.24) is 9.55 Å². The fraction of sp³-hybridized carbons (Fsp3) is 0.120. The molecule has 0 aliphatic heterocycles. The van der Waals surface area contributed by atoms with Crippen molar-refractivity contribution < 1.29 is 17.6 Å². The van der Waals surface area contributed by atoms with E-state index >= 15 is 0 Å². The fourth-order valence-electron chi connectivity index (χ4n) is 4.37. The number of H-pyrrole nitrogens is 1. The van der Waals surface area contributed by atoms with E-state index in [0.717, 1.165) is 34.2 Å². The highest BCUT2D eigenvalue weighted by molar-refractivity contribution is 5.89. The monoisotopic (exact) mass is 422 g/mol. The number of para-hydroxylation sites is 2. The van der Waals surface area contributed by atoms with Crippen LogP contribution in [-0.2, 0) is 13.2 Å². The molecule has 2 aromatic heterocycles. The molecule has 2 heterocycles. The molecule has 0 radical (unpaired) electrons. The van der Waals surface area contributed by atoms with E-state index in [1.165, 1.54) is 18.2 Å². The van der Waals surface area contributed by atoms with Crippen molar-refractivity contribution in [2.45, 2.75) is 12.1 Å². The van der Waals surface area contributed by atoms with Crippen LogP contribution in [0.2, 0.25) is 0 Å². The summed E-state index contributed by atoms with van der Waals surface area (Å²) in [7, 11) is 1.94. The van der Waals surface area contributed by atoms with Gasteiger partial charge in [0.2, 0.25) is 0 Å². The van der Waals surface area contributed by atoms with E-state index in [4.69, 9.17) is 0 Å². The van der Waals surface area contributed by atoms with Crippen LogP contribution in [0.5, 0.6) is 0 Å². The minimum Gasteiger partial charge on any atom is -0.358 e. The van der Waals surface area contributed by atoms with Crippen LogP contribution in [0.25, 0.3) is 21.8 Å². The van der Waals surface area contributed by atoms with E-state index in [2.05, 4.69) is 4.98 Å². The van der Waals surface area contributed by atoms with E-state index in [1.54, 1.807) is 12.3 Å². The molecule has 2 nitrogen and oxygen atoms in total. The predicted octanol–water partition coefficient (Wildman–Crippen LogP) is 7.00. The van der Waals surface area contributed by atoms with E-state index in [9.17, 15) is 17.6 Å². The van der Waals surface area contributed by atoms with Gasteiger partial charge in [-0.3, -0.25) is 0 Å². The van der Waals surface area contributed by atoms with E-state index in [0.29, 0.717) is 16.5 Å². The number of aryl methyl sites for hydroxylation is 1. The molecule has 6 heteroatoms. The van der Waals surface area contributed by atoms with E-state index < -0.39 is 11.7 Å². The molecule has 31 heavy (non-hydrogen) atoms. The van der Waals surface area contributed by atoms with Gasteiger partial charge in [-0.1, -0.05) is 42.5 Å². The first-order chi connectivity index (χ1) is 14.8. The maximum atomic E-state index is 14.3. The zero-order chi connectivity index (χ0) is 21.8. The van der Waals surface area contributed by atoms with Gasteiger partial charge in [-0.15, -0.1) is 0 Å². The lowest BCUT2D eigenvalue weighted by atomic mass is 9.84. The Hall–Kier alpha value is -3.54.